The van der Waals surface area contributed by atoms with Crippen LogP contribution in [0, 0.1) is 17.1 Å². The number of nitrogens with one attached hydrogen (secondary N) is 1. The first-order valence-electron chi connectivity index (χ1n) is 8.77. The van der Waals surface area contributed by atoms with Crippen LogP contribution in [0.2, 0.25) is 5.02 Å². The van der Waals surface area contributed by atoms with Crippen molar-refractivity contribution >= 4 is 34.8 Å². The van der Waals surface area contributed by atoms with Crippen LogP contribution in [0.3, 0.4) is 0 Å². The van der Waals surface area contributed by atoms with Crippen molar-refractivity contribution in [3.05, 3.63) is 82.7 Å². The highest BCUT2D eigenvalue weighted by Gasteiger charge is 2.25. The van der Waals surface area contributed by atoms with Crippen LogP contribution < -0.4 is 16.2 Å². The lowest BCUT2D eigenvalue weighted by Crippen LogP contribution is -2.32. The fourth-order valence-electron chi connectivity index (χ4n) is 2.85. The van der Waals surface area contributed by atoms with Crippen LogP contribution in [0.1, 0.15) is 11.1 Å². The monoisotopic (exact) mass is 425 g/mol. The van der Waals surface area contributed by atoms with Crippen LogP contribution in [0.15, 0.2) is 60.7 Å². The minimum absolute atomic E-state index is 0.0637. The number of hydrogen-bond acceptors (Lipinski definition) is 5. The van der Waals surface area contributed by atoms with E-state index >= 15 is 0 Å². The fourth-order valence-corrected chi connectivity index (χ4v) is 3.03. The molecular formula is C21H17ClFN5O2. The van der Waals surface area contributed by atoms with E-state index in [9.17, 15) is 14.0 Å². The van der Waals surface area contributed by atoms with Gasteiger partial charge in [0.15, 0.2) is 0 Å². The standard InChI is InChI=1S/C21H17ClFN5O2/c1-13(21(30)27-11-20(29)26-12-27)7-19(15-5-6-18(23)17(22)9-15)28(25)16-4-2-3-14(8-16)10-24/h2-9H,1,11-12,25H2,(H,26,29)/b19-7-. The minimum atomic E-state index is -0.605. The van der Waals surface area contributed by atoms with Crippen molar-refractivity contribution < 1.29 is 14.0 Å². The summed E-state index contributed by atoms with van der Waals surface area (Å²) in [5, 5.41) is 12.8. The van der Waals surface area contributed by atoms with Gasteiger partial charge in [-0.3, -0.25) is 14.6 Å². The highest BCUT2D eigenvalue weighted by molar-refractivity contribution is 6.30. The largest absolute Gasteiger partial charge is 0.337 e. The van der Waals surface area contributed by atoms with Crippen molar-refractivity contribution in [3.63, 3.8) is 0 Å². The second-order valence-corrected chi connectivity index (χ2v) is 6.88. The van der Waals surface area contributed by atoms with E-state index < -0.39 is 11.7 Å². The SMILES string of the molecule is C=C(/C=C(/c1ccc(F)c(Cl)c1)N(N)c1cccc(C#N)c1)C(=O)N1CNC(=O)C1. The number of nitrogens with zero attached hydrogens (tertiary/aromatic N) is 3. The van der Waals surface area contributed by atoms with Gasteiger partial charge in [0.2, 0.25) is 5.91 Å². The molecule has 0 spiro atoms. The lowest BCUT2D eigenvalue weighted by Gasteiger charge is -2.24. The summed E-state index contributed by atoms with van der Waals surface area (Å²) in [7, 11) is 0. The van der Waals surface area contributed by atoms with E-state index in [0.29, 0.717) is 22.5 Å². The van der Waals surface area contributed by atoms with Crippen molar-refractivity contribution in [2.75, 3.05) is 18.2 Å². The number of hydrazine groups is 1. The summed E-state index contributed by atoms with van der Waals surface area (Å²) in [6, 6.07) is 12.5. The molecule has 9 heteroatoms. The minimum Gasteiger partial charge on any atom is -0.337 e. The Kier molecular flexibility index (Phi) is 6.16. The van der Waals surface area contributed by atoms with E-state index in [1.165, 1.54) is 34.2 Å². The van der Waals surface area contributed by atoms with Gasteiger partial charge in [0.1, 0.15) is 12.4 Å². The first-order chi connectivity index (χ1) is 14.3. The van der Waals surface area contributed by atoms with Gasteiger partial charge in [-0.1, -0.05) is 24.2 Å². The van der Waals surface area contributed by atoms with Crippen LogP contribution in [0.25, 0.3) is 5.70 Å². The molecule has 0 unspecified atom stereocenters. The van der Waals surface area contributed by atoms with Gasteiger partial charge in [-0.2, -0.15) is 5.26 Å². The number of hydrogen-bond donors (Lipinski definition) is 2. The lowest BCUT2D eigenvalue weighted by atomic mass is 10.1. The van der Waals surface area contributed by atoms with Gasteiger partial charge >= 0.3 is 0 Å². The van der Waals surface area contributed by atoms with Crippen LogP contribution in [0.5, 0.6) is 0 Å². The van der Waals surface area contributed by atoms with Crippen molar-refractivity contribution in [2.45, 2.75) is 0 Å². The molecular weight excluding hydrogens is 409 g/mol. The predicted octanol–water partition coefficient (Wildman–Crippen LogP) is 2.54. The molecule has 1 heterocycles. The normalized spacial score (nSPS) is 13.6. The number of halogens is 2. The van der Waals surface area contributed by atoms with Gasteiger partial charge in [-0.25, -0.2) is 10.2 Å². The van der Waals surface area contributed by atoms with Gasteiger partial charge in [0.05, 0.1) is 34.7 Å². The summed E-state index contributed by atoms with van der Waals surface area (Å²) < 4.78 is 13.7. The van der Waals surface area contributed by atoms with Crippen LogP contribution in [-0.2, 0) is 9.59 Å². The molecule has 0 aromatic heterocycles. The van der Waals surface area contributed by atoms with Gasteiger partial charge in [0, 0.05) is 11.1 Å². The quantitative estimate of drug-likeness (QED) is 0.332. The van der Waals surface area contributed by atoms with Crippen LogP contribution >= 0.6 is 11.6 Å². The number of nitrogens with two attached hydrogens (primary N) is 1. The second-order valence-electron chi connectivity index (χ2n) is 6.48. The Labute approximate surface area is 177 Å². The number of rotatable bonds is 5. The number of benzene rings is 2. The topological polar surface area (TPSA) is 102 Å². The van der Waals surface area contributed by atoms with Crippen molar-refractivity contribution in [1.82, 2.24) is 10.2 Å². The molecule has 152 valence electrons. The third-order valence-corrected chi connectivity index (χ3v) is 4.69. The predicted molar refractivity (Wildman–Crippen MR) is 111 cm³/mol. The molecule has 1 fully saturated rings. The van der Waals surface area contributed by atoms with E-state index in [4.69, 9.17) is 22.7 Å². The maximum atomic E-state index is 13.7. The summed E-state index contributed by atoms with van der Waals surface area (Å²) in [5.41, 5.74) is 1.63. The number of carbonyl (C=O) groups is 2. The van der Waals surface area contributed by atoms with Crippen molar-refractivity contribution in [3.8, 4) is 6.07 Å². The Morgan fingerprint density at radius 1 is 1.37 bits per heavy atom. The molecule has 1 aliphatic rings. The maximum absolute atomic E-state index is 13.7. The Bertz CT molecular complexity index is 1110. The average molecular weight is 426 g/mol. The lowest BCUT2D eigenvalue weighted by molar-refractivity contribution is -0.127. The number of amides is 2. The molecule has 2 aromatic rings. The Morgan fingerprint density at radius 2 is 2.13 bits per heavy atom. The molecule has 1 aliphatic heterocycles. The van der Waals surface area contributed by atoms with E-state index in [-0.39, 0.29) is 29.7 Å². The maximum Gasteiger partial charge on any atom is 0.255 e. The highest BCUT2D eigenvalue weighted by atomic mass is 35.5. The number of carbonyl (C=O) groups excluding carboxylic acids is 2. The van der Waals surface area contributed by atoms with Gasteiger partial charge in [-0.05, 0) is 42.5 Å². The first kappa shape index (κ1) is 21.0. The molecule has 2 amide bonds. The highest BCUT2D eigenvalue weighted by Crippen LogP contribution is 2.28. The number of nitriles is 1. The van der Waals surface area contributed by atoms with Gasteiger partial charge in [-0.15, -0.1) is 0 Å². The summed E-state index contributed by atoms with van der Waals surface area (Å²) in [5.74, 6) is 4.96. The zero-order chi connectivity index (χ0) is 21.8. The van der Waals surface area contributed by atoms with Gasteiger partial charge < -0.3 is 10.2 Å². The molecule has 0 radical (unpaired) electrons. The summed E-state index contributed by atoms with van der Waals surface area (Å²) in [6.07, 6.45) is 1.42. The van der Waals surface area contributed by atoms with E-state index in [1.54, 1.807) is 24.3 Å². The first-order valence-corrected chi connectivity index (χ1v) is 9.15. The Morgan fingerprint density at radius 3 is 2.77 bits per heavy atom. The number of anilines is 1. The molecule has 0 saturated carbocycles. The van der Waals surface area contributed by atoms with Crippen LogP contribution in [0.4, 0.5) is 10.1 Å². The molecule has 0 atom stereocenters. The van der Waals surface area contributed by atoms with Crippen molar-refractivity contribution in [1.29, 1.82) is 5.26 Å². The van der Waals surface area contributed by atoms with E-state index in [1.807, 2.05) is 6.07 Å². The summed E-state index contributed by atoms with van der Waals surface area (Å²) in [4.78, 5) is 25.3. The third kappa shape index (κ3) is 4.49. The fraction of sp³-hybridized carbons (Fsp3) is 0.0952. The average Bonchev–Trinajstić information content (AvgIpc) is 3.19. The molecule has 3 N–H and O–H groups in total. The van der Waals surface area contributed by atoms with E-state index in [0.717, 1.165) is 0 Å². The summed E-state index contributed by atoms with van der Waals surface area (Å²) in [6.45, 7) is 3.80. The molecule has 30 heavy (non-hydrogen) atoms. The zero-order valence-electron chi connectivity index (χ0n) is 15.7. The molecule has 3 rings (SSSR count). The molecule has 1 saturated heterocycles. The third-order valence-electron chi connectivity index (χ3n) is 4.40. The molecule has 0 bridgehead atoms. The smallest absolute Gasteiger partial charge is 0.255 e. The molecule has 2 aromatic carbocycles. The second kappa shape index (κ2) is 8.78. The van der Waals surface area contributed by atoms with Crippen LogP contribution in [-0.4, -0.2) is 29.9 Å². The van der Waals surface area contributed by atoms with E-state index in [2.05, 4.69) is 11.9 Å². The summed E-state index contributed by atoms with van der Waals surface area (Å²) >= 11 is 5.93. The molecule has 7 nitrogen and oxygen atoms in total. The van der Waals surface area contributed by atoms with Gasteiger partial charge in [0.25, 0.3) is 5.91 Å². The zero-order valence-corrected chi connectivity index (χ0v) is 16.5. The Balaban J connectivity index is 2.02. The van der Waals surface area contributed by atoms with Crippen molar-refractivity contribution in [2.24, 2.45) is 5.84 Å². The molecule has 0 aliphatic carbocycles. The Hall–Kier alpha value is -3.67.